The van der Waals surface area contributed by atoms with E-state index in [-0.39, 0.29) is 5.76 Å². The summed E-state index contributed by atoms with van der Waals surface area (Å²) in [5, 5.41) is 3.34. The molecule has 146 valence electrons. The molecule has 0 radical (unpaired) electrons. The summed E-state index contributed by atoms with van der Waals surface area (Å²) in [4.78, 5) is 17.2. The quantitative estimate of drug-likeness (QED) is 0.505. The van der Waals surface area contributed by atoms with Gasteiger partial charge in [0.15, 0.2) is 5.76 Å². The molecule has 0 bridgehead atoms. The SMILES string of the molecule is Cn1ccnc1C(NC(=O)c1ccc(-c2ccccc2Cl)o1)c1ccccc1F. The van der Waals surface area contributed by atoms with E-state index in [2.05, 4.69) is 10.3 Å². The van der Waals surface area contributed by atoms with Crippen LogP contribution in [0.3, 0.4) is 0 Å². The number of rotatable bonds is 5. The number of nitrogens with zero attached hydrogens (tertiary/aromatic N) is 2. The van der Waals surface area contributed by atoms with Gasteiger partial charge in [0.2, 0.25) is 0 Å². The third-order valence-corrected chi connectivity index (χ3v) is 4.91. The van der Waals surface area contributed by atoms with Gasteiger partial charge in [-0.25, -0.2) is 9.37 Å². The van der Waals surface area contributed by atoms with Crippen LogP contribution in [0.2, 0.25) is 5.02 Å². The van der Waals surface area contributed by atoms with Crippen molar-refractivity contribution in [1.82, 2.24) is 14.9 Å². The van der Waals surface area contributed by atoms with Crippen LogP contribution < -0.4 is 5.32 Å². The largest absolute Gasteiger partial charge is 0.451 e. The zero-order valence-electron chi connectivity index (χ0n) is 15.5. The molecule has 1 N–H and O–H groups in total. The normalized spacial score (nSPS) is 12.0. The predicted octanol–water partition coefficient (Wildman–Crippen LogP) is 4.99. The van der Waals surface area contributed by atoms with E-state index in [0.717, 1.165) is 0 Å². The molecule has 0 spiro atoms. The first-order valence-corrected chi connectivity index (χ1v) is 9.29. The van der Waals surface area contributed by atoms with E-state index in [1.165, 1.54) is 6.07 Å². The molecule has 5 nitrogen and oxygen atoms in total. The van der Waals surface area contributed by atoms with Gasteiger partial charge in [0.1, 0.15) is 23.4 Å². The lowest BCUT2D eigenvalue weighted by molar-refractivity contribution is 0.0913. The van der Waals surface area contributed by atoms with Crippen LogP contribution in [0.5, 0.6) is 0 Å². The van der Waals surface area contributed by atoms with Gasteiger partial charge in [-0.1, -0.05) is 41.9 Å². The first-order valence-electron chi connectivity index (χ1n) is 8.92. The predicted molar refractivity (Wildman–Crippen MR) is 108 cm³/mol. The molecule has 2 aromatic carbocycles. The number of hydrogen-bond donors (Lipinski definition) is 1. The number of furan rings is 1. The summed E-state index contributed by atoms with van der Waals surface area (Å²) >= 11 is 6.20. The Morgan fingerprint density at radius 2 is 1.90 bits per heavy atom. The van der Waals surface area contributed by atoms with Gasteiger partial charge in [-0.2, -0.15) is 0 Å². The van der Waals surface area contributed by atoms with Crippen LogP contribution in [0, 0.1) is 5.82 Å². The average molecular weight is 410 g/mol. The van der Waals surface area contributed by atoms with Crippen molar-refractivity contribution < 1.29 is 13.6 Å². The number of carbonyl (C=O) groups excluding carboxylic acids is 1. The molecule has 0 saturated carbocycles. The minimum atomic E-state index is -0.780. The molecular formula is C22H17ClFN3O2. The van der Waals surface area contributed by atoms with Crippen LogP contribution in [0.15, 0.2) is 77.5 Å². The lowest BCUT2D eigenvalue weighted by Crippen LogP contribution is -2.31. The molecule has 0 fully saturated rings. The van der Waals surface area contributed by atoms with E-state index < -0.39 is 17.8 Å². The second kappa shape index (κ2) is 7.93. The van der Waals surface area contributed by atoms with Gasteiger partial charge < -0.3 is 14.3 Å². The van der Waals surface area contributed by atoms with Crippen molar-refractivity contribution in [2.24, 2.45) is 7.05 Å². The van der Waals surface area contributed by atoms with E-state index >= 15 is 0 Å². The lowest BCUT2D eigenvalue weighted by Gasteiger charge is -2.19. The zero-order chi connectivity index (χ0) is 20.4. The fraction of sp³-hybridized carbons (Fsp3) is 0.0909. The van der Waals surface area contributed by atoms with Crippen LogP contribution >= 0.6 is 11.6 Å². The minimum Gasteiger partial charge on any atom is -0.451 e. The van der Waals surface area contributed by atoms with Crippen molar-refractivity contribution in [2.75, 3.05) is 0 Å². The average Bonchev–Trinajstić information content (AvgIpc) is 3.36. The molecule has 0 aliphatic heterocycles. The monoisotopic (exact) mass is 409 g/mol. The van der Waals surface area contributed by atoms with E-state index in [1.54, 1.807) is 66.5 Å². The van der Waals surface area contributed by atoms with E-state index in [1.807, 2.05) is 12.1 Å². The van der Waals surface area contributed by atoms with Crippen molar-refractivity contribution in [3.63, 3.8) is 0 Å². The van der Waals surface area contributed by atoms with Gasteiger partial charge in [0.05, 0.1) is 5.02 Å². The maximum absolute atomic E-state index is 14.5. The summed E-state index contributed by atoms with van der Waals surface area (Å²) in [7, 11) is 1.78. The number of nitrogens with one attached hydrogen (secondary N) is 1. The Morgan fingerprint density at radius 3 is 2.62 bits per heavy atom. The van der Waals surface area contributed by atoms with Crippen LogP contribution in [0.4, 0.5) is 4.39 Å². The van der Waals surface area contributed by atoms with Gasteiger partial charge >= 0.3 is 0 Å². The molecule has 1 amide bonds. The lowest BCUT2D eigenvalue weighted by atomic mass is 10.1. The number of aryl methyl sites for hydroxylation is 1. The standard InChI is InChI=1S/C22H17ClFN3O2/c1-27-13-12-25-21(27)20(15-7-3-5-9-17(15)24)26-22(28)19-11-10-18(29-19)14-6-2-4-8-16(14)23/h2-13,20H,1H3,(H,26,28). The topological polar surface area (TPSA) is 60.1 Å². The number of aromatic nitrogens is 2. The molecule has 0 aliphatic rings. The third kappa shape index (κ3) is 3.79. The van der Waals surface area contributed by atoms with Gasteiger partial charge in [0, 0.05) is 30.6 Å². The van der Waals surface area contributed by atoms with Crippen LogP contribution in [-0.2, 0) is 7.05 Å². The van der Waals surface area contributed by atoms with E-state index in [0.29, 0.717) is 27.7 Å². The summed E-state index contributed by atoms with van der Waals surface area (Å²) < 4.78 is 21.9. The van der Waals surface area contributed by atoms with Crippen molar-refractivity contribution >= 4 is 17.5 Å². The summed E-state index contributed by atoms with van der Waals surface area (Å²) in [6, 6.07) is 15.9. The maximum atomic E-state index is 14.5. The molecule has 4 aromatic rings. The summed E-state index contributed by atoms with van der Waals surface area (Å²) in [6.07, 6.45) is 3.33. The third-order valence-electron chi connectivity index (χ3n) is 4.58. The van der Waals surface area contributed by atoms with Gasteiger partial charge in [-0.05, 0) is 30.3 Å². The number of carbonyl (C=O) groups is 1. The molecule has 7 heteroatoms. The number of amides is 1. The summed E-state index contributed by atoms with van der Waals surface area (Å²) in [5.74, 6) is 0.147. The fourth-order valence-electron chi connectivity index (χ4n) is 3.11. The van der Waals surface area contributed by atoms with Gasteiger partial charge in [0.25, 0.3) is 5.91 Å². The van der Waals surface area contributed by atoms with Crippen LogP contribution in [0.25, 0.3) is 11.3 Å². The second-order valence-electron chi connectivity index (χ2n) is 6.47. The minimum absolute atomic E-state index is 0.0930. The highest BCUT2D eigenvalue weighted by Gasteiger charge is 2.25. The molecule has 1 unspecified atom stereocenters. The highest BCUT2D eigenvalue weighted by molar-refractivity contribution is 6.33. The van der Waals surface area contributed by atoms with E-state index in [9.17, 15) is 9.18 Å². The molecule has 29 heavy (non-hydrogen) atoms. The molecule has 0 aliphatic carbocycles. The molecule has 2 heterocycles. The highest BCUT2D eigenvalue weighted by atomic mass is 35.5. The van der Waals surface area contributed by atoms with Crippen LogP contribution in [-0.4, -0.2) is 15.5 Å². The second-order valence-corrected chi connectivity index (χ2v) is 6.88. The Bertz CT molecular complexity index is 1170. The fourth-order valence-corrected chi connectivity index (χ4v) is 3.34. The zero-order valence-corrected chi connectivity index (χ0v) is 16.2. The van der Waals surface area contributed by atoms with Crippen molar-refractivity contribution in [3.05, 3.63) is 101 Å². The van der Waals surface area contributed by atoms with Crippen LogP contribution in [0.1, 0.15) is 28.0 Å². The molecule has 4 rings (SSSR count). The number of benzene rings is 2. The summed E-state index contributed by atoms with van der Waals surface area (Å²) in [6.45, 7) is 0. The van der Waals surface area contributed by atoms with Crippen molar-refractivity contribution in [1.29, 1.82) is 0 Å². The van der Waals surface area contributed by atoms with Gasteiger partial charge in [-0.3, -0.25) is 4.79 Å². The Morgan fingerprint density at radius 1 is 1.14 bits per heavy atom. The number of imidazole rings is 1. The number of hydrogen-bond acceptors (Lipinski definition) is 3. The van der Waals surface area contributed by atoms with Crippen molar-refractivity contribution in [3.8, 4) is 11.3 Å². The van der Waals surface area contributed by atoms with Gasteiger partial charge in [-0.15, -0.1) is 0 Å². The first-order chi connectivity index (χ1) is 14.0. The van der Waals surface area contributed by atoms with E-state index in [4.69, 9.17) is 16.0 Å². The number of halogens is 2. The van der Waals surface area contributed by atoms with Crippen molar-refractivity contribution in [2.45, 2.75) is 6.04 Å². The Balaban J connectivity index is 1.65. The summed E-state index contributed by atoms with van der Waals surface area (Å²) in [5.41, 5.74) is 0.996. The molecule has 0 saturated heterocycles. The molecular weight excluding hydrogens is 393 g/mol. The highest BCUT2D eigenvalue weighted by Crippen LogP contribution is 2.30. The smallest absolute Gasteiger partial charge is 0.287 e. The Kier molecular flexibility index (Phi) is 5.18. The molecule has 1 atom stereocenters. The Hall–Kier alpha value is -3.38. The Labute approximate surface area is 171 Å². The first kappa shape index (κ1) is 19.0. The molecule has 2 aromatic heterocycles. The maximum Gasteiger partial charge on any atom is 0.287 e.